The van der Waals surface area contributed by atoms with Crippen molar-refractivity contribution in [3.63, 3.8) is 0 Å². The second-order valence-corrected chi connectivity index (χ2v) is 8.19. The number of benzene rings is 2. The lowest BCUT2D eigenvalue weighted by Crippen LogP contribution is -2.35. The number of hydrogen-bond acceptors (Lipinski definition) is 3. The molecule has 0 atom stereocenters. The molecular weight excluding hydrogens is 372 g/mol. The van der Waals surface area contributed by atoms with Crippen LogP contribution >= 0.6 is 0 Å². The lowest BCUT2D eigenvalue weighted by molar-refractivity contribution is 0.0761. The average molecular weight is 403 g/mol. The molecule has 2 aromatic carbocycles. The van der Waals surface area contributed by atoms with Gasteiger partial charge in [0.05, 0.1) is 12.2 Å². The average Bonchev–Trinajstić information content (AvgIpc) is 2.93. The van der Waals surface area contributed by atoms with Crippen molar-refractivity contribution in [2.24, 2.45) is 0 Å². The van der Waals surface area contributed by atoms with E-state index in [2.05, 4.69) is 59.4 Å². The van der Waals surface area contributed by atoms with Crippen molar-refractivity contribution >= 4 is 5.91 Å². The van der Waals surface area contributed by atoms with Crippen molar-refractivity contribution in [2.75, 3.05) is 26.2 Å². The Morgan fingerprint density at radius 3 is 2.43 bits per heavy atom. The summed E-state index contributed by atoms with van der Waals surface area (Å²) in [6, 6.07) is 20.6. The predicted molar refractivity (Wildman–Crippen MR) is 119 cm³/mol. The molecule has 0 spiro atoms. The van der Waals surface area contributed by atoms with E-state index in [0.717, 1.165) is 61.7 Å². The number of amides is 1. The van der Waals surface area contributed by atoms with Crippen LogP contribution in [0, 0.1) is 13.8 Å². The van der Waals surface area contributed by atoms with Crippen molar-refractivity contribution in [3.8, 4) is 0 Å². The molecule has 156 valence electrons. The summed E-state index contributed by atoms with van der Waals surface area (Å²) in [6.07, 6.45) is 1.00. The van der Waals surface area contributed by atoms with Crippen molar-refractivity contribution in [1.82, 2.24) is 19.6 Å². The van der Waals surface area contributed by atoms with Crippen LogP contribution in [-0.4, -0.2) is 51.7 Å². The fourth-order valence-corrected chi connectivity index (χ4v) is 4.17. The molecule has 1 amide bonds. The van der Waals surface area contributed by atoms with Crippen LogP contribution in [0.2, 0.25) is 0 Å². The van der Waals surface area contributed by atoms with Gasteiger partial charge >= 0.3 is 0 Å². The summed E-state index contributed by atoms with van der Waals surface area (Å²) >= 11 is 0. The quantitative estimate of drug-likeness (QED) is 0.650. The van der Waals surface area contributed by atoms with Crippen molar-refractivity contribution in [3.05, 3.63) is 88.7 Å². The Labute approximate surface area is 178 Å². The minimum atomic E-state index is 0.131. The Hall–Kier alpha value is -2.92. The maximum atomic E-state index is 13.2. The van der Waals surface area contributed by atoms with Gasteiger partial charge in [-0.25, -0.2) is 0 Å². The smallest absolute Gasteiger partial charge is 0.253 e. The molecule has 1 saturated heterocycles. The van der Waals surface area contributed by atoms with Gasteiger partial charge in [-0.3, -0.25) is 14.4 Å². The van der Waals surface area contributed by atoms with E-state index in [-0.39, 0.29) is 5.91 Å². The van der Waals surface area contributed by atoms with E-state index >= 15 is 0 Å². The minimum absolute atomic E-state index is 0.131. The third-order valence-corrected chi connectivity index (χ3v) is 5.73. The molecule has 5 nitrogen and oxygen atoms in total. The fourth-order valence-electron chi connectivity index (χ4n) is 4.17. The zero-order valence-electron chi connectivity index (χ0n) is 17.9. The van der Waals surface area contributed by atoms with E-state index in [1.807, 2.05) is 34.7 Å². The minimum Gasteiger partial charge on any atom is -0.337 e. The van der Waals surface area contributed by atoms with Crippen molar-refractivity contribution < 1.29 is 4.79 Å². The highest BCUT2D eigenvalue weighted by atomic mass is 16.2. The normalized spacial score (nSPS) is 15.2. The van der Waals surface area contributed by atoms with Gasteiger partial charge in [0.2, 0.25) is 0 Å². The molecule has 0 N–H and O–H groups in total. The molecule has 0 saturated carbocycles. The van der Waals surface area contributed by atoms with E-state index in [1.54, 1.807) is 0 Å². The first kappa shape index (κ1) is 20.4. The second kappa shape index (κ2) is 9.26. The van der Waals surface area contributed by atoms with E-state index in [4.69, 9.17) is 0 Å². The van der Waals surface area contributed by atoms with Gasteiger partial charge in [-0.05, 0) is 49.6 Å². The van der Waals surface area contributed by atoms with Crippen LogP contribution in [0.5, 0.6) is 0 Å². The number of nitrogens with zero attached hydrogens (tertiary/aromatic N) is 4. The predicted octanol–water partition coefficient (Wildman–Crippen LogP) is 3.90. The van der Waals surface area contributed by atoms with E-state index in [9.17, 15) is 4.79 Å². The molecule has 0 aliphatic carbocycles. The maximum Gasteiger partial charge on any atom is 0.253 e. The first-order valence-corrected chi connectivity index (χ1v) is 10.7. The van der Waals surface area contributed by atoms with Gasteiger partial charge in [-0.1, -0.05) is 42.5 Å². The van der Waals surface area contributed by atoms with Gasteiger partial charge in [0.15, 0.2) is 0 Å². The topological polar surface area (TPSA) is 41.4 Å². The highest BCUT2D eigenvalue weighted by Crippen LogP contribution is 2.15. The van der Waals surface area contributed by atoms with Gasteiger partial charge in [0.1, 0.15) is 0 Å². The summed E-state index contributed by atoms with van der Waals surface area (Å²) in [4.78, 5) is 17.6. The Kier molecular flexibility index (Phi) is 6.29. The second-order valence-electron chi connectivity index (χ2n) is 8.19. The molecule has 30 heavy (non-hydrogen) atoms. The molecule has 1 aliphatic rings. The third-order valence-electron chi connectivity index (χ3n) is 5.73. The molecule has 0 radical (unpaired) electrons. The molecule has 2 heterocycles. The van der Waals surface area contributed by atoms with Gasteiger partial charge in [-0.15, -0.1) is 0 Å². The molecule has 0 bridgehead atoms. The zero-order valence-corrected chi connectivity index (χ0v) is 17.9. The number of carbonyl (C=O) groups excluding carboxylic acids is 1. The standard InChI is InChI=1S/C25H30N4O/c1-20-16-21(2)29(26-20)19-23-10-6-11-24(17-23)25(30)28-13-7-12-27(14-15-28)18-22-8-4-3-5-9-22/h3-6,8-11,16-17H,7,12-15,18-19H2,1-2H3. The lowest BCUT2D eigenvalue weighted by atomic mass is 10.1. The summed E-state index contributed by atoms with van der Waals surface area (Å²) in [7, 11) is 0. The third kappa shape index (κ3) is 4.97. The first-order valence-electron chi connectivity index (χ1n) is 10.7. The van der Waals surface area contributed by atoms with Gasteiger partial charge < -0.3 is 4.90 Å². The monoisotopic (exact) mass is 402 g/mol. The molecular formula is C25H30N4O. The molecule has 1 aromatic heterocycles. The van der Waals surface area contributed by atoms with Crippen LogP contribution in [0.4, 0.5) is 0 Å². The summed E-state index contributed by atoms with van der Waals surface area (Å²) in [5, 5.41) is 4.54. The summed E-state index contributed by atoms with van der Waals surface area (Å²) < 4.78 is 1.99. The number of aromatic nitrogens is 2. The Morgan fingerprint density at radius 1 is 0.867 bits per heavy atom. The SMILES string of the molecule is Cc1cc(C)n(Cc2cccc(C(=O)N3CCCN(Cc4ccccc4)CC3)c2)n1. The summed E-state index contributed by atoms with van der Waals surface area (Å²) in [5.41, 5.74) is 5.35. The van der Waals surface area contributed by atoms with E-state index < -0.39 is 0 Å². The van der Waals surface area contributed by atoms with Crippen molar-refractivity contribution in [1.29, 1.82) is 0 Å². The molecule has 4 rings (SSSR count). The van der Waals surface area contributed by atoms with Crippen LogP contribution in [-0.2, 0) is 13.1 Å². The summed E-state index contributed by atoms with van der Waals surface area (Å²) in [5.74, 6) is 0.131. The van der Waals surface area contributed by atoms with Gasteiger partial charge in [0.25, 0.3) is 5.91 Å². The van der Waals surface area contributed by atoms with Crippen molar-refractivity contribution in [2.45, 2.75) is 33.4 Å². The highest BCUT2D eigenvalue weighted by molar-refractivity contribution is 5.94. The largest absolute Gasteiger partial charge is 0.337 e. The van der Waals surface area contributed by atoms with Gasteiger partial charge in [-0.2, -0.15) is 5.10 Å². The number of carbonyl (C=O) groups is 1. The Balaban J connectivity index is 1.40. The van der Waals surface area contributed by atoms with Crippen LogP contribution in [0.1, 0.15) is 39.3 Å². The Morgan fingerprint density at radius 2 is 1.67 bits per heavy atom. The molecule has 0 unspecified atom stereocenters. The maximum absolute atomic E-state index is 13.2. The highest BCUT2D eigenvalue weighted by Gasteiger charge is 2.20. The first-order chi connectivity index (χ1) is 14.6. The van der Waals surface area contributed by atoms with Crippen LogP contribution in [0.3, 0.4) is 0 Å². The molecule has 1 aliphatic heterocycles. The van der Waals surface area contributed by atoms with E-state index in [0.29, 0.717) is 6.54 Å². The number of hydrogen-bond donors (Lipinski definition) is 0. The van der Waals surface area contributed by atoms with Crippen LogP contribution in [0.25, 0.3) is 0 Å². The number of aryl methyl sites for hydroxylation is 2. The zero-order chi connectivity index (χ0) is 20.9. The van der Waals surface area contributed by atoms with E-state index in [1.165, 1.54) is 5.56 Å². The fraction of sp³-hybridized carbons (Fsp3) is 0.360. The lowest BCUT2D eigenvalue weighted by Gasteiger charge is -2.22. The molecule has 5 heteroatoms. The van der Waals surface area contributed by atoms with Crippen LogP contribution in [0.15, 0.2) is 60.7 Å². The van der Waals surface area contributed by atoms with Gasteiger partial charge in [0, 0.05) is 44.0 Å². The summed E-state index contributed by atoms with van der Waals surface area (Å²) in [6.45, 7) is 9.21. The Bertz CT molecular complexity index is 995. The number of rotatable bonds is 5. The molecule has 1 fully saturated rings. The van der Waals surface area contributed by atoms with Crippen LogP contribution < -0.4 is 0 Å². The molecule has 3 aromatic rings.